The molecule has 0 fully saturated rings. The summed E-state index contributed by atoms with van der Waals surface area (Å²) in [6.45, 7) is 6.01. The van der Waals surface area contributed by atoms with Crippen molar-refractivity contribution in [3.63, 3.8) is 0 Å². The van der Waals surface area contributed by atoms with E-state index >= 15 is 0 Å². The minimum absolute atomic E-state index is 0.218. The highest BCUT2D eigenvalue weighted by molar-refractivity contribution is 5.62. The fraction of sp³-hybridized carbons (Fsp3) is 0.286. The van der Waals surface area contributed by atoms with Gasteiger partial charge >= 0.3 is 0 Å². The SMILES string of the molecule is Cc1ccoc1-c1ccc(C(C)C)cc1F. The van der Waals surface area contributed by atoms with Gasteiger partial charge in [0.2, 0.25) is 0 Å². The molecule has 0 N–H and O–H groups in total. The number of aryl methyl sites for hydroxylation is 1. The van der Waals surface area contributed by atoms with Crippen LogP contribution in [-0.4, -0.2) is 0 Å². The van der Waals surface area contributed by atoms with Gasteiger partial charge in [0.05, 0.1) is 11.8 Å². The minimum atomic E-state index is -0.218. The van der Waals surface area contributed by atoms with Crippen LogP contribution in [0, 0.1) is 12.7 Å². The molecule has 0 atom stereocenters. The molecule has 2 rings (SSSR count). The molecule has 0 radical (unpaired) electrons. The van der Waals surface area contributed by atoms with Gasteiger partial charge in [-0.1, -0.05) is 19.9 Å². The molecule has 0 amide bonds. The summed E-state index contributed by atoms with van der Waals surface area (Å²) in [6, 6.07) is 7.16. The predicted octanol–water partition coefficient (Wildman–Crippen LogP) is 4.52. The molecule has 0 saturated heterocycles. The van der Waals surface area contributed by atoms with Gasteiger partial charge in [-0.25, -0.2) is 4.39 Å². The molecular formula is C14H15FO. The number of benzene rings is 1. The zero-order chi connectivity index (χ0) is 11.7. The molecule has 1 aromatic heterocycles. The van der Waals surface area contributed by atoms with Gasteiger partial charge in [0, 0.05) is 0 Å². The Balaban J connectivity index is 2.48. The van der Waals surface area contributed by atoms with Crippen molar-refractivity contribution in [1.82, 2.24) is 0 Å². The number of furan rings is 1. The number of rotatable bonds is 2. The zero-order valence-corrected chi connectivity index (χ0v) is 9.75. The maximum Gasteiger partial charge on any atom is 0.139 e. The lowest BCUT2D eigenvalue weighted by molar-refractivity contribution is 0.567. The molecule has 2 heteroatoms. The van der Waals surface area contributed by atoms with Gasteiger partial charge in [-0.15, -0.1) is 0 Å². The Morgan fingerprint density at radius 2 is 1.94 bits per heavy atom. The third-order valence-corrected chi connectivity index (χ3v) is 2.77. The lowest BCUT2D eigenvalue weighted by atomic mass is 10.00. The number of hydrogen-bond acceptors (Lipinski definition) is 1. The van der Waals surface area contributed by atoms with Crippen LogP contribution in [0.15, 0.2) is 34.9 Å². The molecule has 2 aromatic rings. The Kier molecular flexibility index (Phi) is 2.82. The number of hydrogen-bond donors (Lipinski definition) is 0. The van der Waals surface area contributed by atoms with Crippen LogP contribution in [0.5, 0.6) is 0 Å². The quantitative estimate of drug-likeness (QED) is 0.722. The van der Waals surface area contributed by atoms with E-state index in [0.717, 1.165) is 11.1 Å². The number of halogens is 1. The van der Waals surface area contributed by atoms with Crippen molar-refractivity contribution in [1.29, 1.82) is 0 Å². The van der Waals surface area contributed by atoms with E-state index in [9.17, 15) is 4.39 Å². The first-order valence-electron chi connectivity index (χ1n) is 5.43. The fourth-order valence-electron chi connectivity index (χ4n) is 1.72. The molecule has 1 aromatic carbocycles. The van der Waals surface area contributed by atoms with Crippen LogP contribution in [-0.2, 0) is 0 Å². The topological polar surface area (TPSA) is 13.1 Å². The molecule has 0 aliphatic rings. The highest BCUT2D eigenvalue weighted by atomic mass is 19.1. The second-order valence-electron chi connectivity index (χ2n) is 4.33. The summed E-state index contributed by atoms with van der Waals surface area (Å²) in [5, 5.41) is 0. The lowest BCUT2D eigenvalue weighted by Crippen LogP contribution is -1.91. The first kappa shape index (κ1) is 10.9. The maximum absolute atomic E-state index is 13.9. The highest BCUT2D eigenvalue weighted by Crippen LogP contribution is 2.28. The van der Waals surface area contributed by atoms with Gasteiger partial charge in [0.1, 0.15) is 11.6 Å². The first-order valence-corrected chi connectivity index (χ1v) is 5.43. The molecule has 0 aliphatic carbocycles. The molecule has 0 unspecified atom stereocenters. The van der Waals surface area contributed by atoms with Crippen molar-refractivity contribution in [2.75, 3.05) is 0 Å². The van der Waals surface area contributed by atoms with Crippen molar-refractivity contribution in [2.45, 2.75) is 26.7 Å². The van der Waals surface area contributed by atoms with Gasteiger partial charge in [-0.05, 0) is 42.2 Å². The standard InChI is InChI=1S/C14H15FO/c1-9(2)11-4-5-12(13(15)8-11)14-10(3)6-7-16-14/h4-9H,1-3H3. The molecule has 1 nitrogen and oxygen atoms in total. The van der Waals surface area contributed by atoms with Gasteiger partial charge in [0.15, 0.2) is 0 Å². The van der Waals surface area contributed by atoms with Gasteiger partial charge in [-0.2, -0.15) is 0 Å². The first-order chi connectivity index (χ1) is 7.59. The van der Waals surface area contributed by atoms with E-state index in [0.29, 0.717) is 17.2 Å². The van der Waals surface area contributed by atoms with E-state index in [-0.39, 0.29) is 5.82 Å². The van der Waals surface area contributed by atoms with Crippen LogP contribution in [0.2, 0.25) is 0 Å². The molecule has 0 bridgehead atoms. The van der Waals surface area contributed by atoms with Crippen molar-refractivity contribution in [3.05, 3.63) is 47.5 Å². The van der Waals surface area contributed by atoms with E-state index in [1.165, 1.54) is 0 Å². The third kappa shape index (κ3) is 1.87. The monoisotopic (exact) mass is 218 g/mol. The van der Waals surface area contributed by atoms with E-state index in [4.69, 9.17) is 4.42 Å². The summed E-state index contributed by atoms with van der Waals surface area (Å²) in [5.41, 5.74) is 2.49. The van der Waals surface area contributed by atoms with Gasteiger partial charge in [-0.3, -0.25) is 0 Å². The summed E-state index contributed by atoms with van der Waals surface area (Å²) in [5.74, 6) is 0.735. The Bertz CT molecular complexity index is 497. The largest absolute Gasteiger partial charge is 0.464 e. The average molecular weight is 218 g/mol. The second-order valence-corrected chi connectivity index (χ2v) is 4.33. The smallest absolute Gasteiger partial charge is 0.139 e. The van der Waals surface area contributed by atoms with Crippen LogP contribution < -0.4 is 0 Å². The summed E-state index contributed by atoms with van der Waals surface area (Å²) in [6.07, 6.45) is 1.58. The van der Waals surface area contributed by atoms with Crippen molar-refractivity contribution in [2.24, 2.45) is 0 Å². The summed E-state index contributed by atoms with van der Waals surface area (Å²) in [7, 11) is 0. The molecule has 0 spiro atoms. The van der Waals surface area contributed by atoms with Crippen LogP contribution in [0.3, 0.4) is 0 Å². The molecule has 0 aliphatic heterocycles. The molecule has 16 heavy (non-hydrogen) atoms. The van der Waals surface area contributed by atoms with E-state index in [1.807, 2.05) is 32.9 Å². The minimum Gasteiger partial charge on any atom is -0.464 e. The van der Waals surface area contributed by atoms with E-state index in [2.05, 4.69) is 0 Å². The predicted molar refractivity (Wildman–Crippen MR) is 62.9 cm³/mol. The second kappa shape index (κ2) is 4.12. The lowest BCUT2D eigenvalue weighted by Gasteiger charge is -2.07. The van der Waals surface area contributed by atoms with Crippen LogP contribution in [0.4, 0.5) is 4.39 Å². The molecule has 84 valence electrons. The highest BCUT2D eigenvalue weighted by Gasteiger charge is 2.12. The average Bonchev–Trinajstić information content (AvgIpc) is 2.64. The van der Waals surface area contributed by atoms with Crippen molar-refractivity contribution >= 4 is 0 Å². The van der Waals surface area contributed by atoms with E-state index < -0.39 is 0 Å². The normalized spacial score (nSPS) is 11.1. The Labute approximate surface area is 94.9 Å². The van der Waals surface area contributed by atoms with Crippen LogP contribution >= 0.6 is 0 Å². The fourth-order valence-corrected chi connectivity index (χ4v) is 1.72. The van der Waals surface area contributed by atoms with Crippen molar-refractivity contribution < 1.29 is 8.81 Å². The Hall–Kier alpha value is -1.57. The Morgan fingerprint density at radius 3 is 2.44 bits per heavy atom. The molecular weight excluding hydrogens is 203 g/mol. The van der Waals surface area contributed by atoms with Crippen LogP contribution in [0.1, 0.15) is 30.9 Å². The maximum atomic E-state index is 13.9. The third-order valence-electron chi connectivity index (χ3n) is 2.77. The summed E-state index contributed by atoms with van der Waals surface area (Å²) in [4.78, 5) is 0. The zero-order valence-electron chi connectivity index (χ0n) is 9.75. The van der Waals surface area contributed by atoms with E-state index in [1.54, 1.807) is 18.4 Å². The van der Waals surface area contributed by atoms with Gasteiger partial charge in [0.25, 0.3) is 0 Å². The van der Waals surface area contributed by atoms with Gasteiger partial charge < -0.3 is 4.42 Å². The molecule has 1 heterocycles. The Morgan fingerprint density at radius 1 is 1.19 bits per heavy atom. The summed E-state index contributed by atoms with van der Waals surface area (Å²) < 4.78 is 19.2. The molecule has 0 saturated carbocycles. The summed E-state index contributed by atoms with van der Waals surface area (Å²) >= 11 is 0. The van der Waals surface area contributed by atoms with Crippen molar-refractivity contribution in [3.8, 4) is 11.3 Å². The van der Waals surface area contributed by atoms with Crippen LogP contribution in [0.25, 0.3) is 11.3 Å².